The second-order valence-corrected chi connectivity index (χ2v) is 8.73. The molecule has 0 radical (unpaired) electrons. The number of aryl methyl sites for hydroxylation is 1. The smallest absolute Gasteiger partial charge is 0.253 e. The summed E-state index contributed by atoms with van der Waals surface area (Å²) in [5, 5.41) is 0.614. The van der Waals surface area contributed by atoms with Crippen LogP contribution in [0.1, 0.15) is 47.7 Å². The molecule has 2 aromatic rings. The Balaban J connectivity index is 1.68. The molecule has 2 heterocycles. The molecule has 1 saturated heterocycles. The summed E-state index contributed by atoms with van der Waals surface area (Å²) in [5.74, 6) is 2.84. The molecule has 142 valence electrons. The Kier molecular flexibility index (Phi) is 5.38. The third-order valence-electron chi connectivity index (χ3n) is 5.15. The Hall–Kier alpha value is -1.65. The van der Waals surface area contributed by atoms with Crippen molar-refractivity contribution < 1.29 is 14.3 Å². The van der Waals surface area contributed by atoms with Crippen molar-refractivity contribution in [3.05, 3.63) is 58.1 Å². The lowest BCUT2D eigenvalue weighted by atomic mass is 9.98. The average molecular weight is 403 g/mol. The van der Waals surface area contributed by atoms with E-state index < -0.39 is 5.79 Å². The third kappa shape index (κ3) is 3.70. The number of hydrogen-bond acceptors (Lipinski definition) is 4. The Bertz CT molecular complexity index is 859. The van der Waals surface area contributed by atoms with Crippen LogP contribution >= 0.6 is 23.4 Å². The van der Waals surface area contributed by atoms with E-state index in [0.29, 0.717) is 16.3 Å². The Morgan fingerprint density at radius 1 is 1.07 bits per heavy atom. The van der Waals surface area contributed by atoms with Gasteiger partial charge in [-0.3, -0.25) is 4.79 Å². The predicted molar refractivity (Wildman–Crippen MR) is 110 cm³/mol. The first-order chi connectivity index (χ1) is 13.1. The number of hydrogen-bond donors (Lipinski definition) is 0. The summed E-state index contributed by atoms with van der Waals surface area (Å²) in [6, 6.07) is 11.4. The van der Waals surface area contributed by atoms with Gasteiger partial charge in [0, 0.05) is 35.8 Å². The normalized spacial score (nSPS) is 17.3. The van der Waals surface area contributed by atoms with Crippen molar-refractivity contribution in [2.75, 3.05) is 11.5 Å². The van der Waals surface area contributed by atoms with E-state index in [1.54, 1.807) is 0 Å². The van der Waals surface area contributed by atoms with E-state index in [1.165, 1.54) is 0 Å². The minimum Gasteiger partial charge on any atom is -0.448 e. The van der Waals surface area contributed by atoms with E-state index in [4.69, 9.17) is 21.1 Å². The van der Waals surface area contributed by atoms with Crippen LogP contribution in [0.2, 0.25) is 5.02 Å². The zero-order chi connectivity index (χ0) is 18.9. The zero-order valence-corrected chi connectivity index (χ0v) is 17.0. The molecule has 0 saturated carbocycles. The molecule has 0 amide bonds. The molecular formula is C22H23ClO3S. The van der Waals surface area contributed by atoms with Crippen molar-refractivity contribution in [2.24, 2.45) is 0 Å². The second-order valence-electron chi connectivity index (χ2n) is 7.10. The Morgan fingerprint density at radius 3 is 2.56 bits per heavy atom. The van der Waals surface area contributed by atoms with Crippen molar-refractivity contribution in [3.8, 4) is 11.5 Å². The fourth-order valence-electron chi connectivity index (χ4n) is 3.69. The van der Waals surface area contributed by atoms with E-state index >= 15 is 0 Å². The lowest BCUT2D eigenvalue weighted by Crippen LogP contribution is -2.42. The standard InChI is InChI=1S/C22H23ClO3S/c1-2-5-15-8-9-17(19(24)14-16-6-3-4-7-18(16)23)21-20(15)25-22(26-21)10-12-27-13-11-22/h3-4,6-9H,2,5,10-14H2,1H3. The molecule has 1 spiro atoms. The summed E-state index contributed by atoms with van der Waals surface area (Å²) in [5.41, 5.74) is 2.55. The maximum absolute atomic E-state index is 13.1. The molecule has 2 aromatic carbocycles. The SMILES string of the molecule is CCCc1ccc(C(=O)Cc2ccccc2Cl)c2c1OC1(CCSCC1)O2. The van der Waals surface area contributed by atoms with E-state index in [1.807, 2.05) is 48.2 Å². The van der Waals surface area contributed by atoms with E-state index in [2.05, 4.69) is 6.92 Å². The van der Waals surface area contributed by atoms with Gasteiger partial charge in [0.15, 0.2) is 17.3 Å². The van der Waals surface area contributed by atoms with Gasteiger partial charge in [0.25, 0.3) is 5.79 Å². The fourth-order valence-corrected chi connectivity index (χ4v) is 5.01. The van der Waals surface area contributed by atoms with Crippen LogP contribution in [-0.2, 0) is 12.8 Å². The first kappa shape index (κ1) is 18.7. The van der Waals surface area contributed by atoms with Crippen molar-refractivity contribution in [3.63, 3.8) is 0 Å². The molecule has 0 unspecified atom stereocenters. The molecule has 2 aliphatic heterocycles. The molecule has 0 aromatic heterocycles. The highest BCUT2D eigenvalue weighted by Crippen LogP contribution is 2.49. The second kappa shape index (κ2) is 7.76. The number of ketones is 1. The van der Waals surface area contributed by atoms with Crippen LogP contribution in [0.15, 0.2) is 36.4 Å². The van der Waals surface area contributed by atoms with Crippen LogP contribution in [0.3, 0.4) is 0 Å². The van der Waals surface area contributed by atoms with Crippen molar-refractivity contribution in [1.82, 2.24) is 0 Å². The molecule has 0 N–H and O–H groups in total. The number of rotatable bonds is 5. The predicted octanol–water partition coefficient (Wildman–Crippen LogP) is 5.71. The van der Waals surface area contributed by atoms with Crippen LogP contribution in [-0.4, -0.2) is 23.1 Å². The summed E-state index contributed by atoms with van der Waals surface area (Å²) in [6.07, 6.45) is 3.87. The van der Waals surface area contributed by atoms with E-state index in [-0.39, 0.29) is 12.2 Å². The highest BCUT2D eigenvalue weighted by atomic mass is 35.5. The van der Waals surface area contributed by atoms with Crippen molar-refractivity contribution in [1.29, 1.82) is 0 Å². The van der Waals surface area contributed by atoms with Gasteiger partial charge in [0.1, 0.15) is 0 Å². The maximum atomic E-state index is 13.1. The number of benzene rings is 2. The molecule has 0 atom stereocenters. The van der Waals surface area contributed by atoms with Gasteiger partial charge in [-0.2, -0.15) is 11.8 Å². The van der Waals surface area contributed by atoms with Gasteiger partial charge in [-0.1, -0.05) is 49.2 Å². The van der Waals surface area contributed by atoms with Crippen LogP contribution in [0.25, 0.3) is 0 Å². The van der Waals surface area contributed by atoms with Gasteiger partial charge in [-0.05, 0) is 29.7 Å². The largest absolute Gasteiger partial charge is 0.448 e. The number of Topliss-reactive ketones (excluding diaryl/α,β-unsaturated/α-hetero) is 1. The third-order valence-corrected chi connectivity index (χ3v) is 6.51. The summed E-state index contributed by atoms with van der Waals surface area (Å²) >= 11 is 8.17. The number of thioether (sulfide) groups is 1. The number of carbonyl (C=O) groups excluding carboxylic acids is 1. The zero-order valence-electron chi connectivity index (χ0n) is 15.4. The van der Waals surface area contributed by atoms with Crippen molar-refractivity contribution >= 4 is 29.1 Å². The van der Waals surface area contributed by atoms with Crippen molar-refractivity contribution in [2.45, 2.75) is 44.8 Å². The van der Waals surface area contributed by atoms with Gasteiger partial charge in [0.2, 0.25) is 0 Å². The molecule has 4 rings (SSSR count). The van der Waals surface area contributed by atoms with Gasteiger partial charge in [-0.25, -0.2) is 0 Å². The molecule has 5 heteroatoms. The summed E-state index contributed by atoms with van der Waals surface area (Å²) < 4.78 is 12.7. The molecule has 27 heavy (non-hydrogen) atoms. The molecule has 2 aliphatic rings. The average Bonchev–Trinajstić information content (AvgIpc) is 3.03. The minimum absolute atomic E-state index is 0.00762. The summed E-state index contributed by atoms with van der Waals surface area (Å²) in [6.45, 7) is 2.14. The topological polar surface area (TPSA) is 35.5 Å². The van der Waals surface area contributed by atoms with Gasteiger partial charge in [-0.15, -0.1) is 0 Å². The fraction of sp³-hybridized carbons (Fsp3) is 0.409. The molecule has 0 bridgehead atoms. The quantitative estimate of drug-likeness (QED) is 0.600. The Morgan fingerprint density at radius 2 is 1.81 bits per heavy atom. The lowest BCUT2D eigenvalue weighted by Gasteiger charge is -2.31. The Labute approximate surface area is 169 Å². The van der Waals surface area contributed by atoms with Crippen LogP contribution in [0.4, 0.5) is 0 Å². The van der Waals surface area contributed by atoms with Crippen LogP contribution in [0.5, 0.6) is 11.5 Å². The molecule has 3 nitrogen and oxygen atoms in total. The van der Waals surface area contributed by atoms with Crippen LogP contribution < -0.4 is 9.47 Å². The maximum Gasteiger partial charge on any atom is 0.253 e. The van der Waals surface area contributed by atoms with E-state index in [9.17, 15) is 4.79 Å². The van der Waals surface area contributed by atoms with E-state index in [0.717, 1.165) is 54.1 Å². The molecule has 1 fully saturated rings. The number of carbonyl (C=O) groups is 1. The monoisotopic (exact) mass is 402 g/mol. The molecule has 0 aliphatic carbocycles. The number of ether oxygens (including phenoxy) is 2. The first-order valence-corrected chi connectivity index (χ1v) is 11.0. The number of fused-ring (bicyclic) bond motifs is 1. The minimum atomic E-state index is -0.600. The highest BCUT2D eigenvalue weighted by Gasteiger charge is 2.45. The van der Waals surface area contributed by atoms with Crippen LogP contribution in [0, 0.1) is 0 Å². The lowest BCUT2D eigenvalue weighted by molar-refractivity contribution is -0.0848. The van der Waals surface area contributed by atoms with Gasteiger partial charge in [0.05, 0.1) is 5.56 Å². The van der Waals surface area contributed by atoms with Gasteiger partial charge < -0.3 is 9.47 Å². The summed E-state index contributed by atoms with van der Waals surface area (Å²) in [7, 11) is 0. The number of halogens is 1. The van der Waals surface area contributed by atoms with Gasteiger partial charge >= 0.3 is 0 Å². The summed E-state index contributed by atoms with van der Waals surface area (Å²) in [4.78, 5) is 13.1. The first-order valence-electron chi connectivity index (χ1n) is 9.50. The highest BCUT2D eigenvalue weighted by molar-refractivity contribution is 7.99. The molecular weight excluding hydrogens is 380 g/mol.